The molecule has 1 aromatic rings. The largest absolute Gasteiger partial charge is 0.497 e. The van der Waals surface area contributed by atoms with E-state index < -0.39 is 23.3 Å². The summed E-state index contributed by atoms with van der Waals surface area (Å²) in [5, 5.41) is 17.8. The van der Waals surface area contributed by atoms with Gasteiger partial charge in [0.25, 0.3) is 5.60 Å². The van der Waals surface area contributed by atoms with Crippen LogP contribution < -0.4 is 4.74 Å². The predicted molar refractivity (Wildman–Crippen MR) is 55.6 cm³/mol. The lowest BCUT2D eigenvalue weighted by Gasteiger charge is -2.26. The minimum absolute atomic E-state index is 0.0959. The van der Waals surface area contributed by atoms with Gasteiger partial charge in [0, 0.05) is 10.6 Å². The Bertz CT molecular complexity index is 475. The van der Waals surface area contributed by atoms with Crippen molar-refractivity contribution in [2.75, 3.05) is 7.11 Å². The maximum atomic E-state index is 12.7. The SMILES string of the molecule is COc1cc(Cl)cc(C(O)(C(=O)O)C(F)(F)F)c1. The minimum Gasteiger partial charge on any atom is -0.497 e. The summed E-state index contributed by atoms with van der Waals surface area (Å²) in [6.07, 6.45) is -5.39. The lowest BCUT2D eigenvalue weighted by molar-refractivity contribution is -0.265. The van der Waals surface area contributed by atoms with Gasteiger partial charge in [-0.15, -0.1) is 0 Å². The zero-order valence-electron chi connectivity index (χ0n) is 8.95. The van der Waals surface area contributed by atoms with Gasteiger partial charge in [0.2, 0.25) is 0 Å². The number of ether oxygens (including phenoxy) is 1. The molecule has 0 saturated carbocycles. The zero-order valence-corrected chi connectivity index (χ0v) is 9.71. The van der Waals surface area contributed by atoms with Gasteiger partial charge in [-0.2, -0.15) is 13.2 Å². The number of rotatable bonds is 3. The molecule has 0 aliphatic rings. The molecule has 0 heterocycles. The molecular formula is C10H8ClF3O4. The fourth-order valence-corrected chi connectivity index (χ4v) is 1.52. The van der Waals surface area contributed by atoms with E-state index >= 15 is 0 Å². The number of alkyl halides is 3. The lowest BCUT2D eigenvalue weighted by atomic mass is 9.93. The Kier molecular flexibility index (Phi) is 3.78. The first-order valence-corrected chi connectivity index (χ1v) is 4.88. The van der Waals surface area contributed by atoms with Gasteiger partial charge < -0.3 is 14.9 Å². The van der Waals surface area contributed by atoms with Crippen molar-refractivity contribution in [3.8, 4) is 5.75 Å². The molecule has 0 aliphatic heterocycles. The highest BCUT2D eigenvalue weighted by molar-refractivity contribution is 6.30. The summed E-state index contributed by atoms with van der Waals surface area (Å²) in [6.45, 7) is 0. The van der Waals surface area contributed by atoms with Crippen LogP contribution in [0.4, 0.5) is 13.2 Å². The number of carboxylic acids is 1. The summed E-state index contributed by atoms with van der Waals surface area (Å²) in [7, 11) is 1.17. The molecule has 8 heteroatoms. The van der Waals surface area contributed by atoms with Crippen molar-refractivity contribution in [1.82, 2.24) is 0 Å². The van der Waals surface area contributed by atoms with Crippen molar-refractivity contribution in [2.24, 2.45) is 0 Å². The van der Waals surface area contributed by atoms with Gasteiger partial charge in [0.15, 0.2) is 0 Å². The lowest BCUT2D eigenvalue weighted by Crippen LogP contribution is -2.49. The maximum Gasteiger partial charge on any atom is 0.432 e. The minimum atomic E-state index is -5.39. The summed E-state index contributed by atoms with van der Waals surface area (Å²) in [5.74, 6) is -2.54. The molecule has 1 aromatic carbocycles. The van der Waals surface area contributed by atoms with E-state index in [2.05, 4.69) is 4.74 Å². The smallest absolute Gasteiger partial charge is 0.432 e. The second-order valence-corrected chi connectivity index (χ2v) is 3.83. The molecule has 0 saturated heterocycles. The normalized spacial score (nSPS) is 15.0. The monoisotopic (exact) mass is 284 g/mol. The van der Waals surface area contributed by atoms with Crippen molar-refractivity contribution < 1.29 is 32.9 Å². The average molecular weight is 285 g/mol. The number of carboxylic acid groups (broad SMARTS) is 1. The van der Waals surface area contributed by atoms with Crippen LogP contribution in [0.5, 0.6) is 5.75 Å². The summed E-state index contributed by atoms with van der Waals surface area (Å²) in [4.78, 5) is 10.7. The molecule has 1 rings (SSSR count). The van der Waals surface area contributed by atoms with Crippen LogP contribution in [0, 0.1) is 0 Å². The van der Waals surface area contributed by atoms with E-state index in [-0.39, 0.29) is 10.8 Å². The third kappa shape index (κ3) is 2.37. The van der Waals surface area contributed by atoms with Crippen LogP contribution in [0.2, 0.25) is 5.02 Å². The summed E-state index contributed by atoms with van der Waals surface area (Å²) in [5.41, 5.74) is -4.96. The van der Waals surface area contributed by atoms with Crippen molar-refractivity contribution >= 4 is 17.6 Å². The Hall–Kier alpha value is -1.47. The molecule has 1 unspecified atom stereocenters. The molecule has 0 spiro atoms. The zero-order chi connectivity index (χ0) is 14.1. The van der Waals surface area contributed by atoms with Crippen LogP contribution in [-0.2, 0) is 10.4 Å². The number of aliphatic hydroxyl groups is 1. The molecule has 2 N–H and O–H groups in total. The predicted octanol–water partition coefficient (Wildman–Crippen LogP) is 2.18. The molecule has 0 fully saturated rings. The number of hydrogen-bond donors (Lipinski definition) is 2. The van der Waals surface area contributed by atoms with Gasteiger partial charge in [0.1, 0.15) is 5.75 Å². The second kappa shape index (κ2) is 4.66. The van der Waals surface area contributed by atoms with Crippen LogP contribution in [0.3, 0.4) is 0 Å². The molecule has 18 heavy (non-hydrogen) atoms. The van der Waals surface area contributed by atoms with Gasteiger partial charge in [0.05, 0.1) is 7.11 Å². The molecule has 100 valence electrons. The molecule has 0 aliphatic carbocycles. The Morgan fingerprint density at radius 1 is 1.33 bits per heavy atom. The highest BCUT2D eigenvalue weighted by atomic mass is 35.5. The van der Waals surface area contributed by atoms with Crippen LogP contribution in [-0.4, -0.2) is 29.5 Å². The van der Waals surface area contributed by atoms with E-state index in [9.17, 15) is 23.1 Å². The first-order chi connectivity index (χ1) is 8.12. The molecule has 1 atom stereocenters. The Balaban J connectivity index is 3.49. The van der Waals surface area contributed by atoms with E-state index in [1.165, 1.54) is 13.2 Å². The summed E-state index contributed by atoms with van der Waals surface area (Å²) < 4.78 is 42.7. The molecule has 4 nitrogen and oxygen atoms in total. The van der Waals surface area contributed by atoms with Crippen LogP contribution in [0.15, 0.2) is 18.2 Å². The molecule has 0 radical (unpaired) electrons. The van der Waals surface area contributed by atoms with Crippen molar-refractivity contribution in [2.45, 2.75) is 11.8 Å². The summed E-state index contributed by atoms with van der Waals surface area (Å²) in [6, 6.07) is 2.66. The number of halogens is 4. The van der Waals surface area contributed by atoms with Crippen LogP contribution in [0.1, 0.15) is 5.56 Å². The Labute approximate surface area is 105 Å². The number of carbonyl (C=O) groups is 1. The van der Waals surface area contributed by atoms with Gasteiger partial charge in [-0.25, -0.2) is 4.79 Å². The van der Waals surface area contributed by atoms with E-state index in [0.29, 0.717) is 6.07 Å². The van der Waals surface area contributed by atoms with Crippen molar-refractivity contribution in [3.63, 3.8) is 0 Å². The molecule has 0 bridgehead atoms. The van der Waals surface area contributed by atoms with Crippen molar-refractivity contribution in [3.05, 3.63) is 28.8 Å². The van der Waals surface area contributed by atoms with Gasteiger partial charge in [-0.1, -0.05) is 11.6 Å². The van der Waals surface area contributed by atoms with E-state index in [1.54, 1.807) is 0 Å². The number of methoxy groups -OCH3 is 1. The maximum absolute atomic E-state index is 12.7. The Morgan fingerprint density at radius 3 is 2.28 bits per heavy atom. The number of hydrogen-bond acceptors (Lipinski definition) is 3. The second-order valence-electron chi connectivity index (χ2n) is 3.39. The van der Waals surface area contributed by atoms with Crippen LogP contribution in [0.25, 0.3) is 0 Å². The highest BCUT2D eigenvalue weighted by Gasteiger charge is 2.61. The molecule has 0 amide bonds. The van der Waals surface area contributed by atoms with Crippen LogP contribution >= 0.6 is 11.6 Å². The molecule has 0 aromatic heterocycles. The third-order valence-electron chi connectivity index (χ3n) is 2.24. The Morgan fingerprint density at radius 2 is 1.89 bits per heavy atom. The van der Waals surface area contributed by atoms with E-state index in [1.807, 2.05) is 0 Å². The fraction of sp³-hybridized carbons (Fsp3) is 0.300. The third-order valence-corrected chi connectivity index (χ3v) is 2.46. The fourth-order valence-electron chi connectivity index (χ4n) is 1.30. The quantitative estimate of drug-likeness (QED) is 0.893. The number of benzene rings is 1. The number of aliphatic carboxylic acids is 1. The van der Waals surface area contributed by atoms with E-state index in [0.717, 1.165) is 6.07 Å². The van der Waals surface area contributed by atoms with Crippen molar-refractivity contribution in [1.29, 1.82) is 0 Å². The standard InChI is InChI=1S/C10H8ClF3O4/c1-18-7-3-5(2-6(11)4-7)9(17,8(15)16)10(12,13)14/h2-4,17H,1H3,(H,15,16). The summed E-state index contributed by atoms with van der Waals surface area (Å²) >= 11 is 5.54. The molecular weight excluding hydrogens is 277 g/mol. The highest BCUT2D eigenvalue weighted by Crippen LogP contribution is 2.41. The topological polar surface area (TPSA) is 66.8 Å². The van der Waals surface area contributed by atoms with Gasteiger partial charge >= 0.3 is 12.1 Å². The first kappa shape index (κ1) is 14.6. The first-order valence-electron chi connectivity index (χ1n) is 4.50. The van der Waals surface area contributed by atoms with E-state index in [4.69, 9.17) is 16.7 Å². The van der Waals surface area contributed by atoms with Gasteiger partial charge in [-0.05, 0) is 18.2 Å². The average Bonchev–Trinajstić information content (AvgIpc) is 2.25. The van der Waals surface area contributed by atoms with Gasteiger partial charge in [-0.3, -0.25) is 0 Å².